The van der Waals surface area contributed by atoms with Crippen molar-refractivity contribution in [2.45, 2.75) is 60.9 Å². The maximum atomic E-state index is 11.9. The van der Waals surface area contributed by atoms with Gasteiger partial charge < -0.3 is 10.2 Å². The van der Waals surface area contributed by atoms with E-state index >= 15 is 0 Å². The van der Waals surface area contributed by atoms with E-state index in [1.807, 2.05) is 84.7 Å². The van der Waals surface area contributed by atoms with Gasteiger partial charge in [-0.2, -0.15) is 0 Å². The van der Waals surface area contributed by atoms with Gasteiger partial charge in [0, 0.05) is 12.2 Å². The second kappa shape index (κ2) is 13.6. The molecule has 0 radical (unpaired) electrons. The van der Waals surface area contributed by atoms with Gasteiger partial charge in [-0.1, -0.05) is 59.2 Å². The van der Waals surface area contributed by atoms with Crippen molar-refractivity contribution >= 4 is 11.6 Å². The van der Waals surface area contributed by atoms with Crippen LogP contribution < -0.4 is 10.2 Å². The molecule has 1 aliphatic heterocycles. The Morgan fingerprint density at radius 1 is 1.00 bits per heavy atom. The fourth-order valence-corrected chi connectivity index (χ4v) is 1.93. The van der Waals surface area contributed by atoms with Crippen molar-refractivity contribution in [3.8, 4) is 0 Å². The predicted octanol–water partition coefficient (Wildman–Crippen LogP) is 4.40. The highest BCUT2D eigenvalue weighted by molar-refractivity contribution is 5.99. The number of anilines is 1. The molecular weight excluding hydrogens is 260 g/mol. The molecule has 1 fully saturated rings. The number of hydrogen-bond acceptors (Lipinski definition) is 2. The fourth-order valence-electron chi connectivity index (χ4n) is 1.93. The van der Waals surface area contributed by atoms with E-state index in [1.54, 1.807) is 0 Å². The molecule has 1 amide bonds. The van der Waals surface area contributed by atoms with Crippen molar-refractivity contribution in [1.29, 1.82) is 0 Å². The Morgan fingerprint density at radius 3 is 1.86 bits per heavy atom. The molecule has 0 bridgehead atoms. The van der Waals surface area contributed by atoms with Crippen LogP contribution in [-0.4, -0.2) is 25.5 Å². The Kier molecular flexibility index (Phi) is 14.2. The van der Waals surface area contributed by atoms with E-state index in [2.05, 4.69) is 5.32 Å². The Labute approximate surface area is 131 Å². The van der Waals surface area contributed by atoms with Crippen LogP contribution in [0.4, 0.5) is 5.69 Å². The van der Waals surface area contributed by atoms with Crippen LogP contribution in [-0.2, 0) is 4.79 Å². The first kappa shape index (κ1) is 21.9. The van der Waals surface area contributed by atoms with E-state index in [1.165, 1.54) is 5.56 Å². The van der Waals surface area contributed by atoms with E-state index < -0.39 is 0 Å². The van der Waals surface area contributed by atoms with Gasteiger partial charge in [-0.3, -0.25) is 4.79 Å². The Hall–Kier alpha value is -1.35. The summed E-state index contributed by atoms with van der Waals surface area (Å²) in [5.74, 6) is 0.182. The van der Waals surface area contributed by atoms with Gasteiger partial charge >= 0.3 is 0 Å². The number of nitrogens with zero attached hydrogens (tertiary/aromatic N) is 1. The standard InChI is InChI=1S/C12H16N2O.3C2H6/c1-9-3-5-10(6-4-9)14-8-7-11(13-2)12(14)15;3*1-2/h3-6,11,13H,7-8H2,1-2H3;3*1-2H3/t11-;;;/m0.../s1. The van der Waals surface area contributed by atoms with E-state index in [-0.39, 0.29) is 11.9 Å². The Morgan fingerprint density at radius 2 is 1.48 bits per heavy atom. The van der Waals surface area contributed by atoms with Crippen molar-refractivity contribution in [3.05, 3.63) is 29.8 Å². The molecule has 0 saturated carbocycles. The summed E-state index contributed by atoms with van der Waals surface area (Å²) in [6.45, 7) is 14.9. The molecule has 1 aromatic rings. The SMILES string of the molecule is CC.CC.CC.CN[C@H]1CCN(c2ccc(C)cc2)C1=O. The number of nitrogens with one attached hydrogen (secondary N) is 1. The summed E-state index contributed by atoms with van der Waals surface area (Å²) in [7, 11) is 1.83. The summed E-state index contributed by atoms with van der Waals surface area (Å²) in [6.07, 6.45) is 0.892. The minimum absolute atomic E-state index is 0.00805. The molecule has 21 heavy (non-hydrogen) atoms. The van der Waals surface area contributed by atoms with Crippen LogP contribution in [0, 0.1) is 6.92 Å². The highest BCUT2D eigenvalue weighted by Gasteiger charge is 2.30. The predicted molar refractivity (Wildman–Crippen MR) is 95.0 cm³/mol. The second-order valence-corrected chi connectivity index (χ2v) is 3.96. The summed E-state index contributed by atoms with van der Waals surface area (Å²) < 4.78 is 0. The molecule has 3 nitrogen and oxygen atoms in total. The normalized spacial score (nSPS) is 15.9. The average molecular weight is 294 g/mol. The van der Waals surface area contributed by atoms with E-state index in [0.29, 0.717) is 0 Å². The Bertz CT molecular complexity index is 360. The van der Waals surface area contributed by atoms with Crippen molar-refractivity contribution in [3.63, 3.8) is 0 Å². The summed E-state index contributed by atoms with van der Waals surface area (Å²) in [4.78, 5) is 13.7. The minimum atomic E-state index is -0.00805. The molecule has 1 aliphatic rings. The Balaban J connectivity index is 0. The van der Waals surface area contributed by atoms with Crippen LogP contribution in [0.2, 0.25) is 0 Å². The molecule has 3 heteroatoms. The van der Waals surface area contributed by atoms with Crippen LogP contribution in [0.3, 0.4) is 0 Å². The molecule has 122 valence electrons. The third-order valence-electron chi connectivity index (χ3n) is 2.90. The topological polar surface area (TPSA) is 32.3 Å². The quantitative estimate of drug-likeness (QED) is 0.877. The van der Waals surface area contributed by atoms with E-state index in [9.17, 15) is 4.79 Å². The number of aryl methyl sites for hydroxylation is 1. The molecule has 1 aromatic carbocycles. The first-order valence-corrected chi connectivity index (χ1v) is 8.27. The zero-order valence-electron chi connectivity index (χ0n) is 15.2. The highest BCUT2D eigenvalue weighted by atomic mass is 16.2. The van der Waals surface area contributed by atoms with Crippen molar-refractivity contribution in [2.75, 3.05) is 18.5 Å². The molecule has 1 saturated heterocycles. The lowest BCUT2D eigenvalue weighted by Crippen LogP contribution is -2.36. The summed E-state index contributed by atoms with van der Waals surface area (Å²) in [6, 6.07) is 8.08. The molecule has 1 atom stereocenters. The first-order chi connectivity index (χ1) is 10.2. The van der Waals surface area contributed by atoms with Crippen molar-refractivity contribution in [2.24, 2.45) is 0 Å². The number of amides is 1. The van der Waals surface area contributed by atoms with Crippen LogP contribution in [0.15, 0.2) is 24.3 Å². The lowest BCUT2D eigenvalue weighted by atomic mass is 10.2. The molecule has 2 rings (SSSR count). The lowest BCUT2D eigenvalue weighted by molar-refractivity contribution is -0.118. The molecule has 1 N–H and O–H groups in total. The van der Waals surface area contributed by atoms with E-state index in [0.717, 1.165) is 18.7 Å². The average Bonchev–Trinajstić information content (AvgIpc) is 2.95. The molecule has 0 aliphatic carbocycles. The number of rotatable bonds is 2. The molecule has 0 spiro atoms. The van der Waals surface area contributed by atoms with Crippen molar-refractivity contribution in [1.82, 2.24) is 5.32 Å². The van der Waals surface area contributed by atoms with E-state index in [4.69, 9.17) is 0 Å². The van der Waals surface area contributed by atoms with Gasteiger partial charge in [0.25, 0.3) is 0 Å². The fraction of sp³-hybridized carbons (Fsp3) is 0.611. The largest absolute Gasteiger partial charge is 0.311 e. The lowest BCUT2D eigenvalue weighted by Gasteiger charge is -2.16. The summed E-state index contributed by atoms with van der Waals surface area (Å²) >= 11 is 0. The van der Waals surface area contributed by atoms with Crippen LogP contribution in [0.1, 0.15) is 53.5 Å². The monoisotopic (exact) mass is 294 g/mol. The summed E-state index contributed by atoms with van der Waals surface area (Å²) in [5, 5.41) is 3.03. The van der Waals surface area contributed by atoms with Crippen LogP contribution in [0.5, 0.6) is 0 Å². The van der Waals surface area contributed by atoms with Gasteiger partial charge in [0.2, 0.25) is 5.91 Å². The van der Waals surface area contributed by atoms with Gasteiger partial charge in [0.1, 0.15) is 0 Å². The minimum Gasteiger partial charge on any atom is -0.311 e. The molecule has 1 heterocycles. The molecular formula is C18H34N2O. The molecule has 0 aromatic heterocycles. The second-order valence-electron chi connectivity index (χ2n) is 3.96. The van der Waals surface area contributed by atoms with Gasteiger partial charge in [-0.15, -0.1) is 0 Å². The van der Waals surface area contributed by atoms with Crippen LogP contribution >= 0.6 is 0 Å². The number of likely N-dealkylation sites (N-methyl/N-ethyl adjacent to an activating group) is 1. The first-order valence-electron chi connectivity index (χ1n) is 8.27. The van der Waals surface area contributed by atoms with Crippen molar-refractivity contribution < 1.29 is 4.79 Å². The van der Waals surface area contributed by atoms with Crippen LogP contribution in [0.25, 0.3) is 0 Å². The number of hydrogen-bond donors (Lipinski definition) is 1. The van der Waals surface area contributed by atoms with Gasteiger partial charge in [0.05, 0.1) is 6.04 Å². The third-order valence-corrected chi connectivity index (χ3v) is 2.90. The molecule has 0 unspecified atom stereocenters. The highest BCUT2D eigenvalue weighted by Crippen LogP contribution is 2.21. The number of carbonyl (C=O) groups excluding carboxylic acids is 1. The number of carbonyl (C=O) groups is 1. The maximum Gasteiger partial charge on any atom is 0.244 e. The zero-order chi connectivity index (χ0) is 16.8. The maximum absolute atomic E-state index is 11.9. The van der Waals surface area contributed by atoms with Gasteiger partial charge in [0.15, 0.2) is 0 Å². The van der Waals surface area contributed by atoms with Gasteiger partial charge in [-0.05, 0) is 32.5 Å². The zero-order valence-corrected chi connectivity index (χ0v) is 15.2. The van der Waals surface area contributed by atoms with Gasteiger partial charge in [-0.25, -0.2) is 0 Å². The third kappa shape index (κ3) is 6.76. The number of benzene rings is 1. The smallest absolute Gasteiger partial charge is 0.244 e. The summed E-state index contributed by atoms with van der Waals surface area (Å²) in [5.41, 5.74) is 2.22.